The van der Waals surface area contributed by atoms with E-state index in [4.69, 9.17) is 10.8 Å². The molecule has 0 aliphatic rings. The highest BCUT2D eigenvalue weighted by Gasteiger charge is 2.04. The zero-order valence-electron chi connectivity index (χ0n) is 9.21. The van der Waals surface area contributed by atoms with Crippen molar-refractivity contribution in [2.75, 3.05) is 5.73 Å². The lowest BCUT2D eigenvalue weighted by Crippen LogP contribution is -2.02. The Balaban J connectivity index is 0.00000162. The van der Waals surface area contributed by atoms with E-state index < -0.39 is 5.97 Å². The molecule has 0 fully saturated rings. The number of carboxylic acid groups (broad SMARTS) is 1. The van der Waals surface area contributed by atoms with E-state index >= 15 is 0 Å². The van der Waals surface area contributed by atoms with Crippen molar-refractivity contribution < 1.29 is 9.90 Å². The van der Waals surface area contributed by atoms with E-state index in [1.54, 1.807) is 35.1 Å². The molecule has 0 aliphatic heterocycles. The first kappa shape index (κ1) is 14.5. The van der Waals surface area contributed by atoms with Gasteiger partial charge < -0.3 is 10.8 Å². The summed E-state index contributed by atoms with van der Waals surface area (Å²) in [5, 5.41) is 12.9. The van der Waals surface area contributed by atoms with E-state index in [0.717, 1.165) is 10.0 Å². The van der Waals surface area contributed by atoms with E-state index in [2.05, 4.69) is 21.0 Å². The van der Waals surface area contributed by atoms with Gasteiger partial charge in [-0.05, 0) is 33.6 Å². The lowest BCUT2D eigenvalue weighted by atomic mass is 10.1. The Morgan fingerprint density at radius 2 is 2.00 bits per heavy atom. The number of benzene rings is 1. The largest absolute Gasteiger partial charge is 0.478 e. The molecule has 0 aliphatic carbocycles. The molecule has 0 saturated heterocycles. The quantitative estimate of drug-likeness (QED) is 0.904. The lowest BCUT2D eigenvalue weighted by Gasteiger charge is -2.02. The van der Waals surface area contributed by atoms with Crippen molar-refractivity contribution in [2.24, 2.45) is 0 Å². The van der Waals surface area contributed by atoms with Crippen molar-refractivity contribution in [3.8, 4) is 0 Å². The number of rotatable bonds is 3. The second kappa shape index (κ2) is 5.88. The van der Waals surface area contributed by atoms with Gasteiger partial charge in [0.05, 0.1) is 16.6 Å². The standard InChI is InChI=1S/C11H10BrN3O2.ClH/c12-9-6-15(14-10(9)13)5-7-1-3-8(4-2-7)11(16)17;/h1-4,6H,5H2,(H2,13,14)(H,16,17);1H. The predicted octanol–water partition coefficient (Wildman–Crippen LogP) is 2.40. The van der Waals surface area contributed by atoms with Crippen LogP contribution in [-0.4, -0.2) is 20.9 Å². The maximum absolute atomic E-state index is 10.7. The smallest absolute Gasteiger partial charge is 0.335 e. The van der Waals surface area contributed by atoms with Crippen LogP contribution in [0.1, 0.15) is 15.9 Å². The molecule has 0 atom stereocenters. The van der Waals surface area contributed by atoms with Gasteiger partial charge in [0.15, 0.2) is 5.82 Å². The number of anilines is 1. The van der Waals surface area contributed by atoms with Crippen LogP contribution in [0.15, 0.2) is 34.9 Å². The highest BCUT2D eigenvalue weighted by atomic mass is 79.9. The average Bonchev–Trinajstić information content (AvgIpc) is 2.58. The van der Waals surface area contributed by atoms with E-state index in [0.29, 0.717) is 12.4 Å². The zero-order valence-corrected chi connectivity index (χ0v) is 11.6. The fourth-order valence-corrected chi connectivity index (χ4v) is 1.75. The topological polar surface area (TPSA) is 81.1 Å². The molecule has 2 rings (SSSR count). The lowest BCUT2D eigenvalue weighted by molar-refractivity contribution is 0.0697. The van der Waals surface area contributed by atoms with Crippen LogP contribution in [0.5, 0.6) is 0 Å². The van der Waals surface area contributed by atoms with Crippen molar-refractivity contribution in [3.63, 3.8) is 0 Å². The first-order valence-corrected chi connectivity index (χ1v) is 5.66. The third-order valence-corrected chi connectivity index (χ3v) is 2.90. The minimum Gasteiger partial charge on any atom is -0.478 e. The Kier molecular flexibility index (Phi) is 4.75. The number of carbonyl (C=O) groups is 1. The van der Waals surface area contributed by atoms with Crippen LogP contribution >= 0.6 is 28.3 Å². The highest BCUT2D eigenvalue weighted by molar-refractivity contribution is 9.10. The molecule has 1 heterocycles. The number of carboxylic acids is 1. The van der Waals surface area contributed by atoms with Gasteiger partial charge in [0.1, 0.15) is 0 Å². The third-order valence-electron chi connectivity index (χ3n) is 2.29. The predicted molar refractivity (Wildman–Crippen MR) is 74.1 cm³/mol. The van der Waals surface area contributed by atoms with Gasteiger partial charge in [-0.25, -0.2) is 4.79 Å². The van der Waals surface area contributed by atoms with Gasteiger partial charge in [-0.1, -0.05) is 12.1 Å². The molecule has 18 heavy (non-hydrogen) atoms. The maximum atomic E-state index is 10.7. The van der Waals surface area contributed by atoms with E-state index in [-0.39, 0.29) is 18.0 Å². The number of halogens is 2. The van der Waals surface area contributed by atoms with Gasteiger partial charge in [0.25, 0.3) is 0 Å². The highest BCUT2D eigenvalue weighted by Crippen LogP contribution is 2.17. The van der Waals surface area contributed by atoms with E-state index in [9.17, 15) is 4.79 Å². The minimum atomic E-state index is -0.928. The SMILES string of the molecule is Cl.Nc1nn(Cc2ccc(C(=O)O)cc2)cc1Br. The Labute approximate surface area is 118 Å². The van der Waals surface area contributed by atoms with Crippen LogP contribution in [0.25, 0.3) is 0 Å². The molecule has 0 saturated carbocycles. The third kappa shape index (κ3) is 3.24. The van der Waals surface area contributed by atoms with Crippen molar-refractivity contribution in [2.45, 2.75) is 6.54 Å². The van der Waals surface area contributed by atoms with Gasteiger partial charge in [-0.3, -0.25) is 4.68 Å². The Hall–Kier alpha value is -1.53. The molecule has 2 aromatic rings. The van der Waals surface area contributed by atoms with Crippen molar-refractivity contribution in [1.29, 1.82) is 0 Å². The number of hydrogen-bond donors (Lipinski definition) is 2. The summed E-state index contributed by atoms with van der Waals surface area (Å²) in [5.74, 6) is -0.491. The first-order chi connectivity index (χ1) is 8.06. The van der Waals surface area contributed by atoms with Crippen LogP contribution in [0.4, 0.5) is 5.82 Å². The summed E-state index contributed by atoms with van der Waals surface area (Å²) in [6.07, 6.45) is 1.78. The summed E-state index contributed by atoms with van der Waals surface area (Å²) in [6, 6.07) is 6.66. The summed E-state index contributed by atoms with van der Waals surface area (Å²) < 4.78 is 2.44. The normalized spacial score (nSPS) is 9.83. The Morgan fingerprint density at radius 3 is 2.44 bits per heavy atom. The molecule has 0 spiro atoms. The van der Waals surface area contributed by atoms with Gasteiger partial charge >= 0.3 is 5.97 Å². The second-order valence-electron chi connectivity index (χ2n) is 3.56. The minimum absolute atomic E-state index is 0. The van der Waals surface area contributed by atoms with Crippen LogP contribution in [0, 0.1) is 0 Å². The molecule has 0 radical (unpaired) electrons. The molecular weight excluding hydrogens is 321 g/mol. The van der Waals surface area contributed by atoms with Crippen molar-refractivity contribution in [3.05, 3.63) is 46.1 Å². The molecule has 1 aromatic heterocycles. The fraction of sp³-hybridized carbons (Fsp3) is 0.0909. The number of nitrogen functional groups attached to an aromatic ring is 1. The van der Waals surface area contributed by atoms with Gasteiger partial charge in [-0.15, -0.1) is 12.4 Å². The molecule has 0 unspecified atom stereocenters. The molecule has 3 N–H and O–H groups in total. The number of aromatic carboxylic acids is 1. The number of nitrogens with two attached hydrogens (primary N) is 1. The van der Waals surface area contributed by atoms with Crippen LogP contribution in [-0.2, 0) is 6.54 Å². The number of aromatic nitrogens is 2. The summed E-state index contributed by atoms with van der Waals surface area (Å²) in [5.41, 5.74) is 6.84. The molecule has 5 nitrogen and oxygen atoms in total. The van der Waals surface area contributed by atoms with Crippen LogP contribution in [0.2, 0.25) is 0 Å². The van der Waals surface area contributed by atoms with Crippen LogP contribution < -0.4 is 5.73 Å². The monoisotopic (exact) mass is 331 g/mol. The summed E-state index contributed by atoms with van der Waals surface area (Å²) in [4.78, 5) is 10.7. The molecule has 1 aromatic carbocycles. The molecule has 7 heteroatoms. The maximum Gasteiger partial charge on any atom is 0.335 e. The fourth-order valence-electron chi connectivity index (χ4n) is 1.43. The second-order valence-corrected chi connectivity index (χ2v) is 4.42. The zero-order chi connectivity index (χ0) is 12.4. The van der Waals surface area contributed by atoms with E-state index in [1.165, 1.54) is 0 Å². The molecular formula is C11H11BrClN3O2. The number of nitrogens with zero attached hydrogens (tertiary/aromatic N) is 2. The van der Waals surface area contributed by atoms with Crippen LogP contribution in [0.3, 0.4) is 0 Å². The Bertz CT molecular complexity index is 534. The van der Waals surface area contributed by atoms with Gasteiger partial charge in [-0.2, -0.15) is 5.10 Å². The molecule has 0 amide bonds. The summed E-state index contributed by atoms with van der Waals surface area (Å²) in [7, 11) is 0. The molecule has 0 bridgehead atoms. The van der Waals surface area contributed by atoms with Gasteiger partial charge in [0.2, 0.25) is 0 Å². The average molecular weight is 333 g/mol. The summed E-state index contributed by atoms with van der Waals surface area (Å²) >= 11 is 3.27. The first-order valence-electron chi connectivity index (χ1n) is 4.87. The summed E-state index contributed by atoms with van der Waals surface area (Å²) in [6.45, 7) is 0.551. The number of hydrogen-bond acceptors (Lipinski definition) is 3. The Morgan fingerprint density at radius 1 is 1.39 bits per heavy atom. The van der Waals surface area contributed by atoms with Gasteiger partial charge in [0, 0.05) is 6.20 Å². The van der Waals surface area contributed by atoms with E-state index in [1.807, 2.05) is 0 Å². The van der Waals surface area contributed by atoms with Crippen molar-refractivity contribution >= 4 is 40.1 Å². The van der Waals surface area contributed by atoms with Crippen molar-refractivity contribution in [1.82, 2.24) is 9.78 Å². The molecule has 96 valence electrons.